The Hall–Kier alpha value is -2.22. The van der Waals surface area contributed by atoms with Crippen LogP contribution in [0.15, 0.2) is 23.4 Å². The number of benzene rings is 1. The number of oxime groups is 1. The van der Waals surface area contributed by atoms with Gasteiger partial charge in [0.2, 0.25) is 0 Å². The lowest BCUT2D eigenvalue weighted by atomic mass is 9.70. The molecule has 2 aliphatic rings. The van der Waals surface area contributed by atoms with E-state index in [1.165, 1.54) is 12.8 Å². The van der Waals surface area contributed by atoms with Crippen molar-refractivity contribution >= 4 is 5.71 Å². The molecule has 0 atom stereocenters. The van der Waals surface area contributed by atoms with Crippen LogP contribution < -0.4 is 9.47 Å². The molecule has 0 spiro atoms. The van der Waals surface area contributed by atoms with Gasteiger partial charge in [-0.1, -0.05) is 11.2 Å². The normalized spacial score (nSPS) is 23.9. The van der Waals surface area contributed by atoms with Crippen LogP contribution in [0.2, 0.25) is 0 Å². The molecule has 5 nitrogen and oxygen atoms in total. The maximum absolute atomic E-state index is 9.78. The van der Waals surface area contributed by atoms with E-state index in [-0.39, 0.29) is 0 Å². The first-order valence-corrected chi connectivity index (χ1v) is 8.13. The molecule has 0 saturated heterocycles. The van der Waals surface area contributed by atoms with Gasteiger partial charge in [-0.25, -0.2) is 0 Å². The summed E-state index contributed by atoms with van der Waals surface area (Å²) < 4.78 is 11.3. The smallest absolute Gasteiger partial charge is 0.161 e. The Balaban J connectivity index is 1.85. The molecule has 0 aromatic heterocycles. The summed E-state index contributed by atoms with van der Waals surface area (Å²) in [5.74, 6) is 2.08. The third-order valence-electron chi connectivity index (χ3n) is 4.92. The van der Waals surface area contributed by atoms with Gasteiger partial charge < -0.3 is 14.7 Å². The molecule has 2 fully saturated rings. The maximum atomic E-state index is 9.78. The van der Waals surface area contributed by atoms with Crippen LogP contribution in [0.1, 0.15) is 44.1 Å². The average molecular weight is 314 g/mol. The molecule has 0 unspecified atom stereocenters. The van der Waals surface area contributed by atoms with Gasteiger partial charge in [-0.2, -0.15) is 5.26 Å². The SMILES string of the molecule is COc1ccc(C2(C#N)CCC(=NO)CC2)cc1OCC1CC1. The summed E-state index contributed by atoms with van der Waals surface area (Å²) in [6, 6.07) is 8.27. The zero-order valence-corrected chi connectivity index (χ0v) is 13.4. The van der Waals surface area contributed by atoms with Gasteiger partial charge in [-0.3, -0.25) is 0 Å². The van der Waals surface area contributed by atoms with Crippen molar-refractivity contribution in [2.75, 3.05) is 13.7 Å². The Morgan fingerprint density at radius 2 is 2.04 bits per heavy atom. The average Bonchev–Trinajstić information content (AvgIpc) is 3.44. The van der Waals surface area contributed by atoms with Gasteiger partial charge in [0.15, 0.2) is 11.5 Å². The van der Waals surface area contributed by atoms with Crippen molar-refractivity contribution in [2.24, 2.45) is 11.1 Å². The molecule has 1 aromatic carbocycles. The molecule has 122 valence electrons. The van der Waals surface area contributed by atoms with E-state index in [1.807, 2.05) is 18.2 Å². The minimum atomic E-state index is -0.543. The fraction of sp³-hybridized carbons (Fsp3) is 0.556. The molecular formula is C18H22N2O3. The molecule has 5 heteroatoms. The number of nitriles is 1. The minimum Gasteiger partial charge on any atom is -0.493 e. The molecule has 0 aliphatic heterocycles. The molecular weight excluding hydrogens is 292 g/mol. The second-order valence-electron chi connectivity index (χ2n) is 6.48. The van der Waals surface area contributed by atoms with Gasteiger partial charge in [0.05, 0.1) is 30.9 Å². The lowest BCUT2D eigenvalue weighted by Gasteiger charge is -2.31. The molecule has 1 aromatic rings. The molecule has 0 amide bonds. The largest absolute Gasteiger partial charge is 0.493 e. The molecule has 0 heterocycles. The van der Waals surface area contributed by atoms with Gasteiger partial charge >= 0.3 is 0 Å². The first-order valence-electron chi connectivity index (χ1n) is 8.13. The van der Waals surface area contributed by atoms with E-state index in [2.05, 4.69) is 11.2 Å². The van der Waals surface area contributed by atoms with E-state index < -0.39 is 5.41 Å². The van der Waals surface area contributed by atoms with Crippen molar-refractivity contribution in [1.82, 2.24) is 0 Å². The van der Waals surface area contributed by atoms with E-state index in [0.717, 1.165) is 11.3 Å². The standard InChI is InChI=1S/C18H22N2O3/c1-22-16-5-4-14(10-17(16)23-11-13-2-3-13)18(12-19)8-6-15(20-21)7-9-18/h4-5,10,13,21H,2-3,6-9,11H2,1H3. The second kappa shape index (κ2) is 6.49. The Bertz CT molecular complexity index is 634. The summed E-state index contributed by atoms with van der Waals surface area (Å²) in [6.07, 6.45) is 5.08. The van der Waals surface area contributed by atoms with Gasteiger partial charge in [0, 0.05) is 0 Å². The topological polar surface area (TPSA) is 74.8 Å². The first-order chi connectivity index (χ1) is 11.2. The van der Waals surface area contributed by atoms with E-state index in [4.69, 9.17) is 14.7 Å². The Labute approximate surface area is 136 Å². The maximum Gasteiger partial charge on any atom is 0.161 e. The minimum absolute atomic E-state index is 0.543. The fourth-order valence-electron chi connectivity index (χ4n) is 3.11. The summed E-state index contributed by atoms with van der Waals surface area (Å²) in [4.78, 5) is 0. The highest BCUT2D eigenvalue weighted by Gasteiger charge is 2.37. The van der Waals surface area contributed by atoms with Gasteiger partial charge in [-0.15, -0.1) is 0 Å². The van der Waals surface area contributed by atoms with Crippen LogP contribution in [0.25, 0.3) is 0 Å². The zero-order valence-electron chi connectivity index (χ0n) is 13.4. The summed E-state index contributed by atoms with van der Waals surface area (Å²) >= 11 is 0. The zero-order chi connectivity index (χ0) is 16.3. The third-order valence-corrected chi connectivity index (χ3v) is 4.92. The summed E-state index contributed by atoms with van der Waals surface area (Å²) in [6.45, 7) is 0.709. The van der Waals surface area contributed by atoms with E-state index in [1.54, 1.807) is 7.11 Å². The van der Waals surface area contributed by atoms with Crippen molar-refractivity contribution in [3.05, 3.63) is 23.8 Å². The molecule has 2 aliphatic carbocycles. The van der Waals surface area contributed by atoms with Crippen LogP contribution in [0, 0.1) is 17.2 Å². The molecule has 23 heavy (non-hydrogen) atoms. The van der Waals surface area contributed by atoms with Gasteiger partial charge in [0.25, 0.3) is 0 Å². The predicted molar refractivity (Wildman–Crippen MR) is 86.2 cm³/mol. The first kappa shape index (κ1) is 15.7. The van der Waals surface area contributed by atoms with Crippen molar-refractivity contribution in [3.8, 4) is 17.6 Å². The van der Waals surface area contributed by atoms with E-state index in [9.17, 15) is 5.26 Å². The van der Waals surface area contributed by atoms with Crippen molar-refractivity contribution in [2.45, 2.75) is 43.9 Å². The van der Waals surface area contributed by atoms with Crippen LogP contribution in [-0.4, -0.2) is 24.6 Å². The highest BCUT2D eigenvalue weighted by Crippen LogP contribution is 2.42. The van der Waals surface area contributed by atoms with Crippen molar-refractivity contribution in [1.29, 1.82) is 5.26 Å². The second-order valence-corrected chi connectivity index (χ2v) is 6.48. The van der Waals surface area contributed by atoms with E-state index in [0.29, 0.717) is 49.7 Å². The number of ether oxygens (including phenoxy) is 2. The Kier molecular flexibility index (Phi) is 4.42. The predicted octanol–water partition coefficient (Wildman–Crippen LogP) is 3.65. The summed E-state index contributed by atoms with van der Waals surface area (Å²) in [7, 11) is 1.63. The molecule has 1 N–H and O–H groups in total. The van der Waals surface area contributed by atoms with Crippen LogP contribution in [0.4, 0.5) is 0 Å². The summed E-state index contributed by atoms with van der Waals surface area (Å²) in [5, 5.41) is 22.0. The third kappa shape index (κ3) is 3.26. The number of nitrogens with zero attached hydrogens (tertiary/aromatic N) is 2. The lowest BCUT2D eigenvalue weighted by Crippen LogP contribution is -2.30. The highest BCUT2D eigenvalue weighted by molar-refractivity contribution is 5.85. The van der Waals surface area contributed by atoms with E-state index >= 15 is 0 Å². The number of methoxy groups -OCH3 is 1. The molecule has 2 saturated carbocycles. The van der Waals surface area contributed by atoms with Crippen LogP contribution >= 0.6 is 0 Å². The van der Waals surface area contributed by atoms with Crippen molar-refractivity contribution in [3.63, 3.8) is 0 Å². The number of rotatable bonds is 5. The quantitative estimate of drug-likeness (QED) is 0.665. The number of hydrogen-bond donors (Lipinski definition) is 1. The monoisotopic (exact) mass is 314 g/mol. The highest BCUT2D eigenvalue weighted by atomic mass is 16.5. The molecule has 0 radical (unpaired) electrons. The van der Waals surface area contributed by atoms with Gasteiger partial charge in [-0.05, 0) is 62.1 Å². The molecule has 3 rings (SSSR count). The Morgan fingerprint density at radius 1 is 1.30 bits per heavy atom. The Morgan fingerprint density at radius 3 is 2.61 bits per heavy atom. The number of hydrogen-bond acceptors (Lipinski definition) is 5. The van der Waals surface area contributed by atoms with Crippen molar-refractivity contribution < 1.29 is 14.7 Å². The lowest BCUT2D eigenvalue weighted by molar-refractivity contribution is 0.279. The van der Waals surface area contributed by atoms with Gasteiger partial charge in [0.1, 0.15) is 0 Å². The van der Waals surface area contributed by atoms with Crippen LogP contribution in [-0.2, 0) is 5.41 Å². The molecule has 0 bridgehead atoms. The fourth-order valence-corrected chi connectivity index (χ4v) is 3.11. The van der Waals surface area contributed by atoms with Crippen LogP contribution in [0.5, 0.6) is 11.5 Å². The van der Waals surface area contributed by atoms with Crippen LogP contribution in [0.3, 0.4) is 0 Å². The summed E-state index contributed by atoms with van der Waals surface area (Å²) in [5.41, 5.74) is 1.19.